The lowest BCUT2D eigenvalue weighted by atomic mass is 9.94. The summed E-state index contributed by atoms with van der Waals surface area (Å²) < 4.78 is 27.5. The van der Waals surface area contributed by atoms with Crippen molar-refractivity contribution in [1.82, 2.24) is 18.6 Å². The van der Waals surface area contributed by atoms with Crippen LogP contribution in [-0.4, -0.2) is 65.3 Å². The quantitative estimate of drug-likeness (QED) is 0.789. The topological polar surface area (TPSA) is 104 Å². The van der Waals surface area contributed by atoms with Gasteiger partial charge >= 0.3 is 5.97 Å². The van der Waals surface area contributed by atoms with Gasteiger partial charge in [-0.25, -0.2) is 14.8 Å². The zero-order valence-electron chi connectivity index (χ0n) is 15.9. The Morgan fingerprint density at radius 3 is 2.61 bits per heavy atom. The van der Waals surface area contributed by atoms with Crippen molar-refractivity contribution in [2.24, 2.45) is 5.92 Å². The molecule has 2 aromatic rings. The molecule has 150 valence electrons. The number of nitrogens with zero attached hydrogens (tertiary/aromatic N) is 4. The second-order valence-electron chi connectivity index (χ2n) is 7.14. The SMILES string of the molecule is CN(C)S(=O)(=O)N1CCCC(Cc2cc(-c3ccc(C(=O)O)cc3)ncn2)C1. The molecule has 1 aromatic carbocycles. The molecule has 3 rings (SSSR count). The van der Waals surface area contributed by atoms with Gasteiger partial charge < -0.3 is 5.11 Å². The van der Waals surface area contributed by atoms with Crippen LogP contribution in [0.1, 0.15) is 28.9 Å². The first kappa shape index (κ1) is 20.4. The van der Waals surface area contributed by atoms with Crippen molar-refractivity contribution in [2.75, 3.05) is 27.2 Å². The van der Waals surface area contributed by atoms with E-state index in [0.717, 1.165) is 29.8 Å². The summed E-state index contributed by atoms with van der Waals surface area (Å²) in [6.07, 6.45) is 3.94. The molecule has 1 unspecified atom stereocenters. The monoisotopic (exact) mass is 404 g/mol. The fraction of sp³-hybridized carbons (Fsp3) is 0.421. The van der Waals surface area contributed by atoms with E-state index >= 15 is 0 Å². The van der Waals surface area contributed by atoms with Gasteiger partial charge in [0.05, 0.1) is 11.3 Å². The van der Waals surface area contributed by atoms with Crippen LogP contribution in [0.15, 0.2) is 36.7 Å². The maximum Gasteiger partial charge on any atom is 0.335 e. The van der Waals surface area contributed by atoms with E-state index in [0.29, 0.717) is 19.5 Å². The van der Waals surface area contributed by atoms with E-state index in [4.69, 9.17) is 5.11 Å². The molecule has 1 N–H and O–H groups in total. The number of aromatic nitrogens is 2. The predicted octanol–water partition coefficient (Wildman–Crippen LogP) is 1.90. The number of rotatable bonds is 6. The molecule has 1 aromatic heterocycles. The van der Waals surface area contributed by atoms with Crippen LogP contribution in [-0.2, 0) is 16.6 Å². The van der Waals surface area contributed by atoms with Crippen LogP contribution < -0.4 is 0 Å². The van der Waals surface area contributed by atoms with Gasteiger partial charge in [0.1, 0.15) is 6.33 Å². The van der Waals surface area contributed by atoms with E-state index in [-0.39, 0.29) is 11.5 Å². The summed E-state index contributed by atoms with van der Waals surface area (Å²) in [5.41, 5.74) is 2.61. The van der Waals surface area contributed by atoms with Crippen molar-refractivity contribution in [2.45, 2.75) is 19.3 Å². The van der Waals surface area contributed by atoms with E-state index in [9.17, 15) is 13.2 Å². The maximum atomic E-state index is 12.4. The van der Waals surface area contributed by atoms with Crippen LogP contribution >= 0.6 is 0 Å². The molecular weight excluding hydrogens is 380 g/mol. The third-order valence-corrected chi connectivity index (χ3v) is 6.83. The standard InChI is InChI=1S/C19H24N4O4S/c1-22(2)28(26,27)23-9-3-4-14(12-23)10-17-11-18(21-13-20-17)15-5-7-16(8-6-15)19(24)25/h5-8,11,13-14H,3-4,9-10,12H2,1-2H3,(H,24,25). The van der Waals surface area contributed by atoms with Crippen molar-refractivity contribution < 1.29 is 18.3 Å². The second-order valence-corrected chi connectivity index (χ2v) is 9.28. The largest absolute Gasteiger partial charge is 0.478 e. The summed E-state index contributed by atoms with van der Waals surface area (Å²) in [6.45, 7) is 1.02. The van der Waals surface area contributed by atoms with Gasteiger partial charge in [-0.3, -0.25) is 0 Å². The molecule has 9 heteroatoms. The normalized spacial score (nSPS) is 18.3. The number of hydrogen-bond acceptors (Lipinski definition) is 5. The highest BCUT2D eigenvalue weighted by atomic mass is 32.2. The zero-order valence-corrected chi connectivity index (χ0v) is 16.8. The molecule has 0 saturated carbocycles. The predicted molar refractivity (Wildman–Crippen MR) is 105 cm³/mol. The molecule has 2 heterocycles. The van der Waals surface area contributed by atoms with Crippen LogP contribution in [0.25, 0.3) is 11.3 Å². The molecule has 1 aliphatic heterocycles. The molecule has 0 amide bonds. The number of carboxylic acids is 1. The Bertz CT molecular complexity index is 945. The van der Waals surface area contributed by atoms with Crippen molar-refractivity contribution in [3.63, 3.8) is 0 Å². The molecule has 0 bridgehead atoms. The van der Waals surface area contributed by atoms with Crippen LogP contribution in [0, 0.1) is 5.92 Å². The van der Waals surface area contributed by atoms with Crippen molar-refractivity contribution in [3.05, 3.63) is 47.9 Å². The number of aromatic carboxylic acids is 1. The first-order valence-electron chi connectivity index (χ1n) is 9.09. The molecule has 8 nitrogen and oxygen atoms in total. The second kappa shape index (κ2) is 8.34. The van der Waals surface area contributed by atoms with Gasteiger partial charge in [-0.2, -0.15) is 17.0 Å². The minimum atomic E-state index is -3.40. The van der Waals surface area contributed by atoms with Gasteiger partial charge in [0.25, 0.3) is 10.2 Å². The lowest BCUT2D eigenvalue weighted by Crippen LogP contribution is -2.45. The number of benzene rings is 1. The molecule has 0 aliphatic carbocycles. The zero-order chi connectivity index (χ0) is 20.3. The average Bonchev–Trinajstić information content (AvgIpc) is 2.68. The highest BCUT2D eigenvalue weighted by Gasteiger charge is 2.30. The summed E-state index contributed by atoms with van der Waals surface area (Å²) in [6, 6.07) is 8.42. The van der Waals surface area contributed by atoms with E-state index in [2.05, 4.69) is 9.97 Å². The first-order chi connectivity index (χ1) is 13.3. The highest BCUT2D eigenvalue weighted by molar-refractivity contribution is 7.86. The molecule has 1 atom stereocenters. The Kier molecular flexibility index (Phi) is 6.07. The molecule has 0 spiro atoms. The Balaban J connectivity index is 1.73. The number of hydrogen-bond donors (Lipinski definition) is 1. The molecular formula is C19H24N4O4S. The molecule has 1 saturated heterocycles. The van der Waals surface area contributed by atoms with Crippen LogP contribution in [0.2, 0.25) is 0 Å². The van der Waals surface area contributed by atoms with Gasteiger partial charge in [-0.05, 0) is 43.4 Å². The van der Waals surface area contributed by atoms with Crippen LogP contribution in [0.3, 0.4) is 0 Å². The van der Waals surface area contributed by atoms with E-state index in [1.807, 2.05) is 6.07 Å². The van der Waals surface area contributed by atoms with Crippen molar-refractivity contribution in [1.29, 1.82) is 0 Å². The van der Waals surface area contributed by atoms with E-state index < -0.39 is 16.2 Å². The highest BCUT2D eigenvalue weighted by Crippen LogP contribution is 2.24. The Labute approximate surface area is 165 Å². The summed E-state index contributed by atoms with van der Waals surface area (Å²) >= 11 is 0. The van der Waals surface area contributed by atoms with Gasteiger partial charge in [-0.1, -0.05) is 12.1 Å². The third kappa shape index (κ3) is 4.54. The number of piperidine rings is 1. The van der Waals surface area contributed by atoms with Crippen molar-refractivity contribution >= 4 is 16.2 Å². The van der Waals surface area contributed by atoms with Crippen LogP contribution in [0.4, 0.5) is 0 Å². The van der Waals surface area contributed by atoms with Gasteiger partial charge in [0.15, 0.2) is 0 Å². The minimum Gasteiger partial charge on any atom is -0.478 e. The number of carboxylic acid groups (broad SMARTS) is 1. The molecule has 0 radical (unpaired) electrons. The molecule has 1 aliphatic rings. The first-order valence-corrected chi connectivity index (χ1v) is 10.5. The van der Waals surface area contributed by atoms with E-state index in [1.54, 1.807) is 38.4 Å². The summed E-state index contributed by atoms with van der Waals surface area (Å²) in [5, 5.41) is 9.01. The van der Waals surface area contributed by atoms with Gasteiger partial charge in [0.2, 0.25) is 0 Å². The summed E-state index contributed by atoms with van der Waals surface area (Å²) in [5.74, 6) is -0.773. The average molecular weight is 404 g/mol. The van der Waals surface area contributed by atoms with E-state index in [1.165, 1.54) is 14.9 Å². The maximum absolute atomic E-state index is 12.4. The summed E-state index contributed by atoms with van der Waals surface area (Å²) in [7, 11) is -0.308. The smallest absolute Gasteiger partial charge is 0.335 e. The van der Waals surface area contributed by atoms with Gasteiger partial charge in [0, 0.05) is 38.4 Å². The fourth-order valence-electron chi connectivity index (χ4n) is 3.38. The Morgan fingerprint density at radius 1 is 1.25 bits per heavy atom. The number of carbonyl (C=O) groups is 1. The minimum absolute atomic E-state index is 0.195. The van der Waals surface area contributed by atoms with Crippen molar-refractivity contribution in [3.8, 4) is 11.3 Å². The van der Waals surface area contributed by atoms with Gasteiger partial charge in [-0.15, -0.1) is 0 Å². The Morgan fingerprint density at radius 2 is 1.96 bits per heavy atom. The summed E-state index contributed by atoms with van der Waals surface area (Å²) in [4.78, 5) is 19.6. The van der Waals surface area contributed by atoms with Crippen LogP contribution in [0.5, 0.6) is 0 Å². The Hall–Kier alpha value is -2.36. The lowest BCUT2D eigenvalue weighted by molar-refractivity contribution is 0.0697. The third-order valence-electron chi connectivity index (χ3n) is 4.92. The fourth-order valence-corrected chi connectivity index (χ4v) is 4.60. The lowest BCUT2D eigenvalue weighted by Gasteiger charge is -2.33. The molecule has 1 fully saturated rings. The molecule has 28 heavy (non-hydrogen) atoms.